The normalized spacial score (nSPS) is 23.4. The lowest BCUT2D eigenvalue weighted by atomic mass is 10.1. The van der Waals surface area contributed by atoms with Crippen LogP contribution in [-0.4, -0.2) is 33.2 Å². The molecular weight excluding hydrogens is 268 g/mol. The summed E-state index contributed by atoms with van der Waals surface area (Å²) in [5, 5.41) is 0. The Kier molecular flexibility index (Phi) is 4.95. The number of aryl methyl sites for hydroxylation is 1. The van der Waals surface area contributed by atoms with Crippen molar-refractivity contribution >= 4 is 12.4 Å². The molecule has 0 bridgehead atoms. The largest absolute Gasteiger partial charge is 0.330 e. The first-order valence-electron chi connectivity index (χ1n) is 6.13. The van der Waals surface area contributed by atoms with Crippen LogP contribution in [0.2, 0.25) is 0 Å². The maximum atomic E-state index is 12.0. The summed E-state index contributed by atoms with van der Waals surface area (Å²) in [6.45, 7) is 4.36. The Balaban J connectivity index is 0.00000180. The molecule has 1 aromatic rings. The van der Waals surface area contributed by atoms with Crippen molar-refractivity contribution in [3.8, 4) is 0 Å². The fraction of sp³-hybridized carbons (Fsp3) is 0.667. The van der Waals surface area contributed by atoms with Gasteiger partial charge >= 0.3 is 5.69 Å². The van der Waals surface area contributed by atoms with Crippen LogP contribution >= 0.6 is 12.4 Å². The van der Waals surface area contributed by atoms with Crippen LogP contribution in [-0.2, 0) is 20.6 Å². The molecule has 0 spiro atoms. The molecule has 1 aliphatic rings. The van der Waals surface area contributed by atoms with E-state index >= 15 is 0 Å². The second kappa shape index (κ2) is 5.90. The van der Waals surface area contributed by atoms with Crippen LogP contribution in [0.5, 0.6) is 0 Å². The predicted octanol–water partition coefficient (Wildman–Crippen LogP) is -0.715. The summed E-state index contributed by atoms with van der Waals surface area (Å²) in [6.07, 6.45) is 1.62. The summed E-state index contributed by atoms with van der Waals surface area (Å²) < 4.78 is 2.59. The molecule has 1 saturated heterocycles. The molecule has 0 aliphatic carbocycles. The average molecular weight is 289 g/mol. The van der Waals surface area contributed by atoms with Gasteiger partial charge in [0.05, 0.1) is 0 Å². The lowest BCUT2D eigenvalue weighted by Crippen LogP contribution is -2.40. The monoisotopic (exact) mass is 288 g/mol. The smallest absolute Gasteiger partial charge is 0.326 e. The summed E-state index contributed by atoms with van der Waals surface area (Å²) in [5.74, 6) is 0.446. The van der Waals surface area contributed by atoms with Gasteiger partial charge in [-0.3, -0.25) is 14.3 Å². The Labute approximate surface area is 118 Å². The molecular formula is C12H21ClN4O2. The Morgan fingerprint density at radius 2 is 1.95 bits per heavy atom. The second-order valence-electron chi connectivity index (χ2n) is 5.25. The van der Waals surface area contributed by atoms with E-state index in [2.05, 4.69) is 11.8 Å². The Morgan fingerprint density at radius 3 is 2.47 bits per heavy atom. The number of aromatic nitrogens is 2. The molecule has 19 heavy (non-hydrogen) atoms. The van der Waals surface area contributed by atoms with E-state index in [1.807, 2.05) is 0 Å². The van der Waals surface area contributed by atoms with Crippen molar-refractivity contribution < 1.29 is 0 Å². The second-order valence-corrected chi connectivity index (χ2v) is 5.25. The fourth-order valence-electron chi connectivity index (χ4n) is 2.46. The maximum absolute atomic E-state index is 12.0. The van der Waals surface area contributed by atoms with E-state index in [1.165, 1.54) is 11.6 Å². The van der Waals surface area contributed by atoms with E-state index < -0.39 is 0 Å². The quantitative estimate of drug-likeness (QED) is 0.780. The van der Waals surface area contributed by atoms with Crippen LogP contribution in [0.1, 0.15) is 12.5 Å². The molecule has 1 aromatic heterocycles. The minimum atomic E-state index is -0.296. The predicted molar refractivity (Wildman–Crippen MR) is 76.6 cm³/mol. The first-order chi connectivity index (χ1) is 8.40. The summed E-state index contributed by atoms with van der Waals surface area (Å²) >= 11 is 0. The Hall–Kier alpha value is -1.11. The Morgan fingerprint density at radius 1 is 1.32 bits per heavy atom. The van der Waals surface area contributed by atoms with Gasteiger partial charge in [0, 0.05) is 51.5 Å². The van der Waals surface area contributed by atoms with Gasteiger partial charge in [-0.25, -0.2) is 4.79 Å². The van der Waals surface area contributed by atoms with Gasteiger partial charge in [0.2, 0.25) is 0 Å². The third kappa shape index (κ3) is 3.08. The summed E-state index contributed by atoms with van der Waals surface area (Å²) in [7, 11) is 3.16. The first-order valence-corrected chi connectivity index (χ1v) is 6.13. The number of nitrogens with zero attached hydrogens (tertiary/aromatic N) is 3. The fourth-order valence-corrected chi connectivity index (χ4v) is 2.46. The van der Waals surface area contributed by atoms with E-state index in [1.54, 1.807) is 13.2 Å². The van der Waals surface area contributed by atoms with E-state index in [0.29, 0.717) is 18.0 Å². The van der Waals surface area contributed by atoms with Crippen LogP contribution in [0.25, 0.3) is 0 Å². The number of likely N-dealkylation sites (tertiary alicyclic amines) is 1. The molecule has 1 aliphatic heterocycles. The highest BCUT2D eigenvalue weighted by atomic mass is 35.5. The van der Waals surface area contributed by atoms with Crippen LogP contribution in [0.4, 0.5) is 0 Å². The van der Waals surface area contributed by atoms with Gasteiger partial charge < -0.3 is 10.3 Å². The van der Waals surface area contributed by atoms with Crippen molar-refractivity contribution in [3.63, 3.8) is 0 Å². The molecule has 1 fully saturated rings. The Bertz CT molecular complexity index is 556. The zero-order valence-corrected chi connectivity index (χ0v) is 12.3. The van der Waals surface area contributed by atoms with Crippen LogP contribution in [0.15, 0.2) is 15.8 Å². The lowest BCUT2D eigenvalue weighted by molar-refractivity contribution is 0.315. The van der Waals surface area contributed by atoms with E-state index in [9.17, 15) is 9.59 Å². The van der Waals surface area contributed by atoms with Gasteiger partial charge in [0.1, 0.15) is 0 Å². The SMILES string of the molecule is CC1CN(Cc2cn(C)c(=O)n(C)c2=O)CC1N.Cl. The van der Waals surface area contributed by atoms with Crippen molar-refractivity contribution in [3.05, 3.63) is 32.6 Å². The van der Waals surface area contributed by atoms with Gasteiger partial charge in [-0.05, 0) is 5.92 Å². The van der Waals surface area contributed by atoms with Crippen molar-refractivity contribution in [2.24, 2.45) is 25.7 Å². The molecule has 6 nitrogen and oxygen atoms in total. The number of rotatable bonds is 2. The topological polar surface area (TPSA) is 73.3 Å². The van der Waals surface area contributed by atoms with Gasteiger partial charge in [0.25, 0.3) is 5.56 Å². The van der Waals surface area contributed by atoms with Crippen molar-refractivity contribution in [2.45, 2.75) is 19.5 Å². The molecule has 2 N–H and O–H groups in total. The first kappa shape index (κ1) is 15.9. The highest BCUT2D eigenvalue weighted by Crippen LogP contribution is 2.15. The number of halogens is 1. The lowest BCUT2D eigenvalue weighted by Gasteiger charge is -2.15. The van der Waals surface area contributed by atoms with Gasteiger partial charge in [-0.15, -0.1) is 12.4 Å². The minimum Gasteiger partial charge on any atom is -0.326 e. The minimum absolute atomic E-state index is 0. The zero-order valence-electron chi connectivity index (χ0n) is 11.5. The molecule has 0 amide bonds. The third-order valence-electron chi connectivity index (χ3n) is 3.66. The molecule has 2 unspecified atom stereocenters. The maximum Gasteiger partial charge on any atom is 0.330 e. The van der Waals surface area contributed by atoms with E-state index in [-0.39, 0.29) is 29.7 Å². The molecule has 2 heterocycles. The van der Waals surface area contributed by atoms with Crippen LogP contribution < -0.4 is 17.0 Å². The third-order valence-corrected chi connectivity index (χ3v) is 3.66. The number of hydrogen-bond donors (Lipinski definition) is 1. The molecule has 0 aromatic carbocycles. The summed E-state index contributed by atoms with van der Waals surface area (Å²) in [5.41, 5.74) is 6.09. The number of hydrogen-bond acceptors (Lipinski definition) is 4. The summed E-state index contributed by atoms with van der Waals surface area (Å²) in [6, 6.07) is 0.168. The van der Waals surface area contributed by atoms with Crippen molar-refractivity contribution in [1.82, 2.24) is 14.0 Å². The average Bonchev–Trinajstić information content (AvgIpc) is 2.63. The molecule has 2 atom stereocenters. The van der Waals surface area contributed by atoms with Gasteiger partial charge in [0.15, 0.2) is 0 Å². The highest BCUT2D eigenvalue weighted by molar-refractivity contribution is 5.85. The molecule has 108 valence electrons. The zero-order chi connectivity index (χ0) is 13.4. The van der Waals surface area contributed by atoms with Crippen LogP contribution in [0.3, 0.4) is 0 Å². The summed E-state index contributed by atoms with van der Waals surface area (Å²) in [4.78, 5) is 25.7. The standard InChI is InChI=1S/C12H20N4O2.ClH/c1-8-4-16(7-10(8)13)6-9-5-14(2)12(18)15(3)11(9)17;/h5,8,10H,4,6-7,13H2,1-3H3;1H. The van der Waals surface area contributed by atoms with E-state index in [0.717, 1.165) is 17.7 Å². The molecule has 7 heteroatoms. The van der Waals surface area contributed by atoms with Gasteiger partial charge in [-0.1, -0.05) is 6.92 Å². The van der Waals surface area contributed by atoms with Gasteiger partial charge in [-0.2, -0.15) is 0 Å². The van der Waals surface area contributed by atoms with Crippen molar-refractivity contribution in [2.75, 3.05) is 13.1 Å². The molecule has 2 rings (SSSR count). The van der Waals surface area contributed by atoms with E-state index in [4.69, 9.17) is 5.73 Å². The van der Waals surface area contributed by atoms with Crippen LogP contribution in [0, 0.1) is 5.92 Å². The molecule has 0 radical (unpaired) electrons. The highest BCUT2D eigenvalue weighted by Gasteiger charge is 2.27. The number of nitrogens with two attached hydrogens (primary N) is 1. The molecule has 0 saturated carbocycles. The van der Waals surface area contributed by atoms with Crippen molar-refractivity contribution in [1.29, 1.82) is 0 Å².